The molecule has 2 rings (SSSR count). The van der Waals surface area contributed by atoms with Crippen molar-refractivity contribution in [3.05, 3.63) is 24.3 Å². The number of anilines is 1. The summed E-state index contributed by atoms with van der Waals surface area (Å²) in [6, 6.07) is 7.64. The zero-order chi connectivity index (χ0) is 17.6. The van der Waals surface area contributed by atoms with E-state index in [1.807, 2.05) is 24.3 Å². The molecule has 134 valence electrons. The fourth-order valence-corrected chi connectivity index (χ4v) is 3.03. The van der Waals surface area contributed by atoms with Gasteiger partial charge in [-0.05, 0) is 12.1 Å². The number of sulfonamides is 1. The molecule has 0 bridgehead atoms. The summed E-state index contributed by atoms with van der Waals surface area (Å²) in [5, 5.41) is 2.72. The third-order valence-corrected chi connectivity index (χ3v) is 4.49. The van der Waals surface area contributed by atoms with Gasteiger partial charge >= 0.3 is 6.03 Å². The number of para-hydroxylation sites is 2. The Bertz CT molecular complexity index is 657. The van der Waals surface area contributed by atoms with Crippen LogP contribution >= 0.6 is 0 Å². The van der Waals surface area contributed by atoms with Crippen LogP contribution < -0.4 is 19.7 Å². The number of carbonyl (C=O) groups is 1. The summed E-state index contributed by atoms with van der Waals surface area (Å²) in [5.41, 5.74) is 1.03. The predicted molar refractivity (Wildman–Crippen MR) is 93.0 cm³/mol. The maximum absolute atomic E-state index is 12.1. The Morgan fingerprint density at radius 1 is 1.17 bits per heavy atom. The average Bonchev–Trinajstić information content (AvgIpc) is 2.58. The molecule has 0 saturated carbocycles. The van der Waals surface area contributed by atoms with Gasteiger partial charge in [0.1, 0.15) is 5.75 Å². The molecular weight excluding hydrogens is 332 g/mol. The molecule has 0 aliphatic carbocycles. The van der Waals surface area contributed by atoms with Gasteiger partial charge in [0.2, 0.25) is 10.0 Å². The average molecular weight is 356 g/mol. The van der Waals surface area contributed by atoms with Crippen LogP contribution in [0.2, 0.25) is 0 Å². The molecule has 1 heterocycles. The van der Waals surface area contributed by atoms with E-state index in [4.69, 9.17) is 4.74 Å². The Labute approximate surface area is 142 Å². The summed E-state index contributed by atoms with van der Waals surface area (Å²) in [5.74, 6) is 0.822. The zero-order valence-electron chi connectivity index (χ0n) is 14.0. The molecule has 1 saturated heterocycles. The third-order valence-electron chi connectivity index (χ3n) is 3.76. The van der Waals surface area contributed by atoms with Gasteiger partial charge in [-0.25, -0.2) is 17.9 Å². The molecule has 1 aromatic rings. The Morgan fingerprint density at radius 2 is 1.83 bits per heavy atom. The lowest BCUT2D eigenvalue weighted by Gasteiger charge is -2.36. The van der Waals surface area contributed by atoms with E-state index in [-0.39, 0.29) is 19.1 Å². The van der Waals surface area contributed by atoms with Crippen LogP contribution in [-0.2, 0) is 10.0 Å². The third kappa shape index (κ3) is 5.27. The maximum Gasteiger partial charge on any atom is 0.317 e. The molecule has 2 amide bonds. The fraction of sp³-hybridized carbons (Fsp3) is 0.533. The van der Waals surface area contributed by atoms with Gasteiger partial charge in [-0.2, -0.15) is 0 Å². The Kier molecular flexibility index (Phi) is 6.27. The topological polar surface area (TPSA) is 91.0 Å². The summed E-state index contributed by atoms with van der Waals surface area (Å²) in [6.07, 6.45) is 1.09. The highest BCUT2D eigenvalue weighted by Crippen LogP contribution is 2.28. The van der Waals surface area contributed by atoms with Crippen molar-refractivity contribution in [1.29, 1.82) is 0 Å². The lowest BCUT2D eigenvalue weighted by atomic mass is 10.2. The monoisotopic (exact) mass is 356 g/mol. The van der Waals surface area contributed by atoms with E-state index >= 15 is 0 Å². The van der Waals surface area contributed by atoms with Crippen molar-refractivity contribution in [3.63, 3.8) is 0 Å². The van der Waals surface area contributed by atoms with Gasteiger partial charge in [0, 0.05) is 39.3 Å². The highest BCUT2D eigenvalue weighted by molar-refractivity contribution is 7.88. The molecule has 0 unspecified atom stereocenters. The molecule has 1 aliphatic rings. The molecule has 0 spiro atoms. The first-order valence-electron chi connectivity index (χ1n) is 7.76. The highest BCUT2D eigenvalue weighted by atomic mass is 32.2. The maximum atomic E-state index is 12.1. The summed E-state index contributed by atoms with van der Waals surface area (Å²) in [7, 11) is -1.58. The molecule has 0 aromatic heterocycles. The van der Waals surface area contributed by atoms with Crippen LogP contribution in [0, 0.1) is 0 Å². The molecule has 8 nitrogen and oxygen atoms in total. The van der Waals surface area contributed by atoms with Crippen molar-refractivity contribution >= 4 is 21.7 Å². The SMILES string of the molecule is COc1ccccc1N1CCN(C(=O)NCCNS(C)(=O)=O)CC1. The number of methoxy groups -OCH3 is 1. The molecule has 1 aliphatic heterocycles. The number of benzene rings is 1. The minimum absolute atomic E-state index is 0.176. The first-order valence-corrected chi connectivity index (χ1v) is 9.65. The van der Waals surface area contributed by atoms with Gasteiger partial charge in [-0.1, -0.05) is 12.1 Å². The number of nitrogens with one attached hydrogen (secondary N) is 2. The molecule has 24 heavy (non-hydrogen) atoms. The lowest BCUT2D eigenvalue weighted by molar-refractivity contribution is 0.194. The van der Waals surface area contributed by atoms with E-state index in [0.29, 0.717) is 13.1 Å². The van der Waals surface area contributed by atoms with Crippen molar-refractivity contribution in [2.75, 3.05) is 57.5 Å². The second kappa shape index (κ2) is 8.20. The molecule has 0 atom stereocenters. The van der Waals surface area contributed by atoms with E-state index in [0.717, 1.165) is 30.8 Å². The van der Waals surface area contributed by atoms with Crippen LogP contribution in [0.4, 0.5) is 10.5 Å². The lowest BCUT2D eigenvalue weighted by Crippen LogP contribution is -2.52. The summed E-state index contributed by atoms with van der Waals surface area (Å²) in [6.45, 7) is 3.09. The number of rotatable bonds is 6. The quantitative estimate of drug-likeness (QED) is 0.704. The first-order chi connectivity index (χ1) is 11.4. The van der Waals surface area contributed by atoms with Gasteiger partial charge < -0.3 is 19.9 Å². The first kappa shape index (κ1) is 18.3. The van der Waals surface area contributed by atoms with E-state index < -0.39 is 10.0 Å². The van der Waals surface area contributed by atoms with Crippen LogP contribution in [-0.4, -0.2) is 72.0 Å². The van der Waals surface area contributed by atoms with Gasteiger partial charge in [0.25, 0.3) is 0 Å². The van der Waals surface area contributed by atoms with Crippen molar-refractivity contribution in [2.24, 2.45) is 0 Å². The number of amides is 2. The van der Waals surface area contributed by atoms with Crippen LogP contribution in [0.25, 0.3) is 0 Å². The van der Waals surface area contributed by atoms with E-state index in [1.165, 1.54) is 0 Å². The highest BCUT2D eigenvalue weighted by Gasteiger charge is 2.22. The van der Waals surface area contributed by atoms with Crippen LogP contribution in [0.1, 0.15) is 0 Å². The number of hydrogen-bond donors (Lipinski definition) is 2. The largest absolute Gasteiger partial charge is 0.495 e. The fourth-order valence-electron chi connectivity index (χ4n) is 2.56. The number of nitrogens with zero attached hydrogens (tertiary/aromatic N) is 2. The van der Waals surface area contributed by atoms with Gasteiger partial charge in [0.05, 0.1) is 19.1 Å². The molecular formula is C15H24N4O4S. The smallest absolute Gasteiger partial charge is 0.317 e. The minimum Gasteiger partial charge on any atom is -0.495 e. The summed E-state index contributed by atoms with van der Waals surface area (Å²) < 4.78 is 29.6. The van der Waals surface area contributed by atoms with Gasteiger partial charge in [-0.15, -0.1) is 0 Å². The molecule has 2 N–H and O–H groups in total. The Balaban J connectivity index is 1.79. The summed E-state index contributed by atoms with van der Waals surface area (Å²) >= 11 is 0. The van der Waals surface area contributed by atoms with E-state index in [2.05, 4.69) is 14.9 Å². The number of ether oxygens (including phenoxy) is 1. The van der Waals surface area contributed by atoms with Gasteiger partial charge in [0.15, 0.2) is 0 Å². The number of piperazine rings is 1. The second-order valence-corrected chi connectivity index (χ2v) is 7.38. The Morgan fingerprint density at radius 3 is 2.46 bits per heavy atom. The predicted octanol–water partition coefficient (Wildman–Crippen LogP) is 0.0760. The standard InChI is InChI=1S/C15H24N4O4S/c1-23-14-6-4-3-5-13(14)18-9-11-19(12-10-18)15(20)16-7-8-17-24(2,21)22/h3-6,17H,7-12H2,1-2H3,(H,16,20). The van der Waals surface area contributed by atoms with Crippen molar-refractivity contribution < 1.29 is 17.9 Å². The second-order valence-electron chi connectivity index (χ2n) is 5.54. The summed E-state index contributed by atoms with van der Waals surface area (Å²) in [4.78, 5) is 16.0. The molecule has 1 fully saturated rings. The minimum atomic E-state index is -3.22. The number of carbonyl (C=O) groups excluding carboxylic acids is 1. The van der Waals surface area contributed by atoms with E-state index in [9.17, 15) is 13.2 Å². The van der Waals surface area contributed by atoms with Crippen LogP contribution in [0.15, 0.2) is 24.3 Å². The molecule has 0 radical (unpaired) electrons. The number of hydrogen-bond acceptors (Lipinski definition) is 5. The normalized spacial score (nSPS) is 15.2. The van der Waals surface area contributed by atoms with Crippen molar-refractivity contribution in [3.8, 4) is 5.75 Å². The van der Waals surface area contributed by atoms with Crippen molar-refractivity contribution in [2.45, 2.75) is 0 Å². The zero-order valence-corrected chi connectivity index (χ0v) is 14.8. The molecule has 9 heteroatoms. The molecule has 1 aromatic carbocycles. The van der Waals surface area contributed by atoms with Gasteiger partial charge in [-0.3, -0.25) is 0 Å². The van der Waals surface area contributed by atoms with Crippen molar-refractivity contribution in [1.82, 2.24) is 14.9 Å². The number of urea groups is 1. The van der Waals surface area contributed by atoms with E-state index in [1.54, 1.807) is 12.0 Å². The van der Waals surface area contributed by atoms with Crippen LogP contribution in [0.3, 0.4) is 0 Å². The Hall–Kier alpha value is -2.00. The van der Waals surface area contributed by atoms with Crippen LogP contribution in [0.5, 0.6) is 5.75 Å².